The van der Waals surface area contributed by atoms with Gasteiger partial charge in [-0.1, -0.05) is 18.0 Å². The SMILES string of the molecule is Clc1ccc2occc2c1CC1CCCCN1. The van der Waals surface area contributed by atoms with Crippen LogP contribution in [0.25, 0.3) is 11.0 Å². The van der Waals surface area contributed by atoms with E-state index < -0.39 is 0 Å². The third-order valence-electron chi connectivity index (χ3n) is 3.55. The Hall–Kier alpha value is -0.990. The van der Waals surface area contributed by atoms with Gasteiger partial charge in [-0.3, -0.25) is 0 Å². The maximum Gasteiger partial charge on any atom is 0.134 e. The average molecular weight is 250 g/mol. The molecule has 1 saturated heterocycles. The summed E-state index contributed by atoms with van der Waals surface area (Å²) in [5.41, 5.74) is 2.15. The van der Waals surface area contributed by atoms with Crippen molar-refractivity contribution in [3.8, 4) is 0 Å². The lowest BCUT2D eigenvalue weighted by atomic mass is 9.96. The van der Waals surface area contributed by atoms with Crippen molar-refractivity contribution in [3.63, 3.8) is 0 Å². The van der Waals surface area contributed by atoms with Gasteiger partial charge in [-0.2, -0.15) is 0 Å². The Morgan fingerprint density at radius 1 is 1.29 bits per heavy atom. The minimum Gasteiger partial charge on any atom is -0.464 e. The van der Waals surface area contributed by atoms with Crippen molar-refractivity contribution in [2.24, 2.45) is 0 Å². The van der Waals surface area contributed by atoms with Crippen LogP contribution in [0.2, 0.25) is 5.02 Å². The highest BCUT2D eigenvalue weighted by Crippen LogP contribution is 2.29. The number of hydrogen-bond donors (Lipinski definition) is 1. The number of furan rings is 1. The zero-order chi connectivity index (χ0) is 11.7. The van der Waals surface area contributed by atoms with Crippen molar-refractivity contribution >= 4 is 22.6 Å². The largest absolute Gasteiger partial charge is 0.464 e. The van der Waals surface area contributed by atoms with E-state index in [1.54, 1.807) is 6.26 Å². The Morgan fingerprint density at radius 3 is 3.06 bits per heavy atom. The predicted octanol–water partition coefficient (Wildman–Crippen LogP) is 3.77. The predicted molar refractivity (Wildman–Crippen MR) is 70.6 cm³/mol. The molecule has 0 saturated carbocycles. The molecular weight excluding hydrogens is 234 g/mol. The molecule has 2 heterocycles. The van der Waals surface area contributed by atoms with Crippen LogP contribution in [0.15, 0.2) is 28.9 Å². The monoisotopic (exact) mass is 249 g/mol. The van der Waals surface area contributed by atoms with Gasteiger partial charge in [-0.05, 0) is 49.6 Å². The second-order valence-corrected chi connectivity index (χ2v) is 5.12. The summed E-state index contributed by atoms with van der Waals surface area (Å²) in [6.07, 6.45) is 6.58. The van der Waals surface area contributed by atoms with Crippen LogP contribution in [0.1, 0.15) is 24.8 Å². The number of rotatable bonds is 2. The molecule has 3 rings (SSSR count). The van der Waals surface area contributed by atoms with Crippen LogP contribution in [0.4, 0.5) is 0 Å². The number of piperidine rings is 1. The normalized spacial score (nSPS) is 20.9. The molecule has 1 fully saturated rings. The van der Waals surface area contributed by atoms with Crippen LogP contribution in [-0.4, -0.2) is 12.6 Å². The molecule has 0 radical (unpaired) electrons. The Kier molecular flexibility index (Phi) is 3.08. The molecule has 90 valence electrons. The molecule has 0 amide bonds. The smallest absolute Gasteiger partial charge is 0.134 e. The van der Waals surface area contributed by atoms with Gasteiger partial charge in [-0.25, -0.2) is 0 Å². The van der Waals surface area contributed by atoms with Gasteiger partial charge in [0.25, 0.3) is 0 Å². The molecule has 2 aromatic rings. The first-order valence-electron chi connectivity index (χ1n) is 6.22. The first kappa shape index (κ1) is 11.1. The molecule has 0 aliphatic carbocycles. The van der Waals surface area contributed by atoms with Gasteiger partial charge in [-0.15, -0.1) is 0 Å². The molecular formula is C14H16ClNO. The first-order valence-corrected chi connectivity index (χ1v) is 6.60. The van der Waals surface area contributed by atoms with Gasteiger partial charge in [0.15, 0.2) is 0 Å². The minimum atomic E-state index is 0.557. The first-order chi connectivity index (χ1) is 8.34. The molecule has 1 atom stereocenters. The van der Waals surface area contributed by atoms with Crippen LogP contribution >= 0.6 is 11.6 Å². The van der Waals surface area contributed by atoms with Gasteiger partial charge in [0.05, 0.1) is 6.26 Å². The molecule has 1 aromatic carbocycles. The zero-order valence-electron chi connectivity index (χ0n) is 9.71. The quantitative estimate of drug-likeness (QED) is 0.877. The Balaban J connectivity index is 1.92. The number of hydrogen-bond acceptors (Lipinski definition) is 2. The Bertz CT molecular complexity index is 514. The van der Waals surface area contributed by atoms with Crippen LogP contribution in [0.3, 0.4) is 0 Å². The van der Waals surface area contributed by atoms with Crippen molar-refractivity contribution in [3.05, 3.63) is 35.0 Å². The topological polar surface area (TPSA) is 25.2 Å². The third kappa shape index (κ3) is 2.20. The number of benzene rings is 1. The Labute approximate surface area is 106 Å². The van der Waals surface area contributed by atoms with Crippen LogP contribution in [-0.2, 0) is 6.42 Å². The third-order valence-corrected chi connectivity index (χ3v) is 3.91. The molecule has 0 bridgehead atoms. The Morgan fingerprint density at radius 2 is 2.24 bits per heavy atom. The van der Waals surface area contributed by atoms with Crippen LogP contribution in [0, 0.1) is 0 Å². The second kappa shape index (κ2) is 4.71. The van der Waals surface area contributed by atoms with Crippen molar-refractivity contribution in [2.75, 3.05) is 6.54 Å². The standard InChI is InChI=1S/C14H16ClNO/c15-13-4-5-14-11(6-8-17-14)12(13)9-10-3-1-2-7-16-10/h4-6,8,10,16H,1-3,7,9H2. The molecule has 1 aliphatic heterocycles. The van der Waals surface area contributed by atoms with E-state index in [2.05, 4.69) is 5.32 Å². The molecule has 0 spiro atoms. The molecule has 3 heteroatoms. The molecule has 2 nitrogen and oxygen atoms in total. The van der Waals surface area contributed by atoms with Crippen molar-refractivity contribution in [1.29, 1.82) is 0 Å². The van der Waals surface area contributed by atoms with E-state index in [1.807, 2.05) is 18.2 Å². The maximum absolute atomic E-state index is 6.31. The zero-order valence-corrected chi connectivity index (χ0v) is 10.5. The summed E-state index contributed by atoms with van der Waals surface area (Å²) in [5.74, 6) is 0. The summed E-state index contributed by atoms with van der Waals surface area (Å²) >= 11 is 6.31. The lowest BCUT2D eigenvalue weighted by Gasteiger charge is -2.24. The van der Waals surface area contributed by atoms with Gasteiger partial charge in [0, 0.05) is 16.5 Å². The highest BCUT2D eigenvalue weighted by molar-refractivity contribution is 6.32. The summed E-state index contributed by atoms with van der Waals surface area (Å²) < 4.78 is 5.42. The van der Waals surface area contributed by atoms with Crippen LogP contribution < -0.4 is 5.32 Å². The number of nitrogens with one attached hydrogen (secondary N) is 1. The summed E-state index contributed by atoms with van der Waals surface area (Å²) in [6, 6.07) is 6.45. The molecule has 1 N–H and O–H groups in total. The highest BCUT2D eigenvalue weighted by Gasteiger charge is 2.17. The summed E-state index contributed by atoms with van der Waals surface area (Å²) in [6.45, 7) is 1.13. The average Bonchev–Trinajstić information content (AvgIpc) is 2.83. The molecule has 17 heavy (non-hydrogen) atoms. The molecule has 1 unspecified atom stereocenters. The van der Waals surface area contributed by atoms with E-state index in [-0.39, 0.29) is 0 Å². The van der Waals surface area contributed by atoms with Crippen molar-refractivity contribution < 1.29 is 4.42 Å². The van der Waals surface area contributed by atoms with E-state index in [4.69, 9.17) is 16.0 Å². The number of fused-ring (bicyclic) bond motifs is 1. The fourth-order valence-corrected chi connectivity index (χ4v) is 2.87. The van der Waals surface area contributed by atoms with E-state index in [9.17, 15) is 0 Å². The fourth-order valence-electron chi connectivity index (χ4n) is 2.63. The van der Waals surface area contributed by atoms with Crippen molar-refractivity contribution in [2.45, 2.75) is 31.7 Å². The second-order valence-electron chi connectivity index (χ2n) is 4.71. The summed E-state index contributed by atoms with van der Waals surface area (Å²) in [4.78, 5) is 0. The summed E-state index contributed by atoms with van der Waals surface area (Å²) in [5, 5.41) is 5.57. The highest BCUT2D eigenvalue weighted by atomic mass is 35.5. The number of halogens is 1. The van der Waals surface area contributed by atoms with Gasteiger partial charge >= 0.3 is 0 Å². The molecule has 1 aromatic heterocycles. The van der Waals surface area contributed by atoms with Crippen molar-refractivity contribution in [1.82, 2.24) is 5.32 Å². The van der Waals surface area contributed by atoms with Gasteiger partial charge in [0.1, 0.15) is 5.58 Å². The fraction of sp³-hybridized carbons (Fsp3) is 0.429. The van der Waals surface area contributed by atoms with E-state index in [0.717, 1.165) is 29.0 Å². The van der Waals surface area contributed by atoms with Gasteiger partial charge in [0.2, 0.25) is 0 Å². The molecule has 1 aliphatic rings. The van der Waals surface area contributed by atoms with E-state index in [0.29, 0.717) is 6.04 Å². The van der Waals surface area contributed by atoms with Crippen LogP contribution in [0.5, 0.6) is 0 Å². The van der Waals surface area contributed by atoms with Gasteiger partial charge < -0.3 is 9.73 Å². The van der Waals surface area contributed by atoms with E-state index in [1.165, 1.54) is 24.8 Å². The minimum absolute atomic E-state index is 0.557. The lowest BCUT2D eigenvalue weighted by molar-refractivity contribution is 0.400. The lowest BCUT2D eigenvalue weighted by Crippen LogP contribution is -2.35. The summed E-state index contributed by atoms with van der Waals surface area (Å²) in [7, 11) is 0. The van der Waals surface area contributed by atoms with E-state index >= 15 is 0 Å². The maximum atomic E-state index is 6.31.